The molecule has 0 saturated heterocycles. The van der Waals surface area contributed by atoms with E-state index in [4.69, 9.17) is 4.99 Å². The first-order chi connectivity index (χ1) is 11.9. The van der Waals surface area contributed by atoms with Crippen molar-refractivity contribution < 1.29 is 8.78 Å². The van der Waals surface area contributed by atoms with Gasteiger partial charge < -0.3 is 0 Å². The fourth-order valence-electron chi connectivity index (χ4n) is 3.38. The number of benzene rings is 2. The fourth-order valence-corrected chi connectivity index (χ4v) is 3.38. The second kappa shape index (κ2) is 5.45. The van der Waals surface area contributed by atoms with E-state index >= 15 is 0 Å². The van der Waals surface area contributed by atoms with Gasteiger partial charge in [0.1, 0.15) is 11.6 Å². The van der Waals surface area contributed by atoms with E-state index in [1.807, 2.05) is 13.8 Å². The summed E-state index contributed by atoms with van der Waals surface area (Å²) in [5, 5.41) is 0.481. The lowest BCUT2D eigenvalue weighted by Crippen LogP contribution is -2.33. The summed E-state index contributed by atoms with van der Waals surface area (Å²) in [5.41, 5.74) is 3.41. The summed E-state index contributed by atoms with van der Waals surface area (Å²) in [5.74, 6) is -0.463. The van der Waals surface area contributed by atoms with Crippen LogP contribution in [0, 0.1) is 11.6 Å². The minimum absolute atomic E-state index is 0.0832. The highest BCUT2D eigenvalue weighted by Crippen LogP contribution is 2.39. The van der Waals surface area contributed by atoms with Gasteiger partial charge >= 0.3 is 0 Å². The lowest BCUT2D eigenvalue weighted by Gasteiger charge is -2.35. The topological polar surface area (TPSA) is 25.2 Å². The molecule has 2 heterocycles. The maximum Gasteiger partial charge on any atom is 0.132 e. The van der Waals surface area contributed by atoms with Crippen molar-refractivity contribution in [3.8, 4) is 0 Å². The monoisotopic (exact) mass is 336 g/mol. The van der Waals surface area contributed by atoms with Gasteiger partial charge in [0.05, 0.1) is 22.5 Å². The van der Waals surface area contributed by atoms with Crippen LogP contribution in [0.3, 0.4) is 0 Å². The van der Waals surface area contributed by atoms with Crippen molar-refractivity contribution in [2.24, 2.45) is 4.99 Å². The molecule has 0 fully saturated rings. The summed E-state index contributed by atoms with van der Waals surface area (Å²) in [6.45, 7) is 6.13. The third-order valence-electron chi connectivity index (χ3n) is 5.12. The molecule has 1 unspecified atom stereocenters. The number of hydrogen-bond donors (Lipinski definition) is 0. The molecule has 1 aliphatic rings. The van der Waals surface area contributed by atoms with Gasteiger partial charge in [-0.2, -0.15) is 0 Å². The molecule has 1 aliphatic heterocycles. The van der Waals surface area contributed by atoms with Crippen LogP contribution in [-0.4, -0.2) is 16.2 Å². The molecular formula is C21H18F2N2. The summed E-state index contributed by atoms with van der Waals surface area (Å²) >= 11 is 0. The Bertz CT molecular complexity index is 1020. The SMILES string of the molecule is CC1c2cc(F)ccc2C(c2ccc3c(F)cccc3n2)=NC1(C)C. The standard InChI is InChI=1S/C21H18F2N2/c1-12-16-11-13(22)7-8-14(16)20(25-21(12,2)3)19-10-9-15-17(23)5-4-6-18(15)24-19/h4-12H,1-3H3. The first-order valence-corrected chi connectivity index (χ1v) is 8.32. The molecule has 25 heavy (non-hydrogen) atoms. The van der Waals surface area contributed by atoms with Crippen molar-refractivity contribution in [3.05, 3.63) is 77.0 Å². The van der Waals surface area contributed by atoms with E-state index in [9.17, 15) is 8.78 Å². The molecule has 0 saturated carbocycles. The van der Waals surface area contributed by atoms with Gasteiger partial charge in [-0.15, -0.1) is 0 Å². The maximum atomic E-state index is 13.9. The van der Waals surface area contributed by atoms with E-state index in [0.717, 1.165) is 16.8 Å². The zero-order chi connectivity index (χ0) is 17.8. The third-order valence-corrected chi connectivity index (χ3v) is 5.12. The Morgan fingerprint density at radius 3 is 2.60 bits per heavy atom. The number of aliphatic imine (C=N–C) groups is 1. The number of pyridine rings is 1. The van der Waals surface area contributed by atoms with Crippen molar-refractivity contribution in [2.45, 2.75) is 32.2 Å². The van der Waals surface area contributed by atoms with Crippen LogP contribution >= 0.6 is 0 Å². The lowest BCUT2D eigenvalue weighted by molar-refractivity contribution is 0.430. The van der Waals surface area contributed by atoms with E-state index in [0.29, 0.717) is 16.6 Å². The summed E-state index contributed by atoms with van der Waals surface area (Å²) in [4.78, 5) is 9.51. The van der Waals surface area contributed by atoms with Crippen LogP contribution < -0.4 is 0 Å². The Morgan fingerprint density at radius 2 is 1.80 bits per heavy atom. The van der Waals surface area contributed by atoms with Crippen molar-refractivity contribution in [3.63, 3.8) is 0 Å². The maximum absolute atomic E-state index is 13.9. The molecule has 3 aromatic rings. The highest BCUT2D eigenvalue weighted by Gasteiger charge is 2.35. The molecule has 0 aliphatic carbocycles. The number of fused-ring (bicyclic) bond motifs is 2. The average Bonchev–Trinajstić information content (AvgIpc) is 2.58. The van der Waals surface area contributed by atoms with Crippen LogP contribution in [0.15, 0.2) is 53.5 Å². The largest absolute Gasteiger partial charge is 0.276 e. The Kier molecular flexibility index (Phi) is 3.46. The Labute approximate surface area is 145 Å². The van der Waals surface area contributed by atoms with Crippen LogP contribution in [-0.2, 0) is 0 Å². The van der Waals surface area contributed by atoms with Crippen LogP contribution in [0.1, 0.15) is 43.5 Å². The highest BCUT2D eigenvalue weighted by molar-refractivity contribution is 6.14. The third kappa shape index (κ3) is 2.53. The Morgan fingerprint density at radius 1 is 1.00 bits per heavy atom. The van der Waals surface area contributed by atoms with Crippen LogP contribution in [0.4, 0.5) is 8.78 Å². The molecule has 0 radical (unpaired) electrons. The molecule has 0 spiro atoms. The number of nitrogens with zero attached hydrogens (tertiary/aromatic N) is 2. The number of hydrogen-bond acceptors (Lipinski definition) is 2. The minimum Gasteiger partial charge on any atom is -0.276 e. The second-order valence-corrected chi connectivity index (χ2v) is 7.07. The Balaban J connectivity index is 1.95. The molecule has 1 atom stereocenters. The summed E-state index contributed by atoms with van der Waals surface area (Å²) < 4.78 is 27.7. The van der Waals surface area contributed by atoms with E-state index in [1.54, 1.807) is 36.4 Å². The predicted octanol–water partition coefficient (Wildman–Crippen LogP) is 5.25. The summed E-state index contributed by atoms with van der Waals surface area (Å²) in [7, 11) is 0. The van der Waals surface area contributed by atoms with Crippen LogP contribution in [0.2, 0.25) is 0 Å². The number of rotatable bonds is 1. The molecule has 1 aromatic heterocycles. The molecule has 0 bridgehead atoms. The first kappa shape index (κ1) is 15.9. The number of aromatic nitrogens is 1. The van der Waals surface area contributed by atoms with Crippen LogP contribution in [0.5, 0.6) is 0 Å². The Hall–Kier alpha value is -2.62. The van der Waals surface area contributed by atoms with Gasteiger partial charge in [0.25, 0.3) is 0 Å². The van der Waals surface area contributed by atoms with Crippen molar-refractivity contribution >= 4 is 16.6 Å². The van der Waals surface area contributed by atoms with Crippen molar-refractivity contribution in [1.29, 1.82) is 0 Å². The fraction of sp³-hybridized carbons (Fsp3) is 0.238. The van der Waals surface area contributed by atoms with Crippen LogP contribution in [0.25, 0.3) is 10.9 Å². The normalized spacial score (nSPS) is 18.8. The molecule has 2 nitrogen and oxygen atoms in total. The highest BCUT2D eigenvalue weighted by atomic mass is 19.1. The zero-order valence-corrected chi connectivity index (χ0v) is 14.3. The van der Waals surface area contributed by atoms with E-state index in [1.165, 1.54) is 12.1 Å². The van der Waals surface area contributed by atoms with E-state index in [-0.39, 0.29) is 23.1 Å². The quantitative estimate of drug-likeness (QED) is 0.596. The van der Waals surface area contributed by atoms with Crippen molar-refractivity contribution in [1.82, 2.24) is 4.98 Å². The molecule has 0 amide bonds. The molecular weight excluding hydrogens is 318 g/mol. The lowest BCUT2D eigenvalue weighted by atomic mass is 9.77. The van der Waals surface area contributed by atoms with Gasteiger partial charge in [-0.3, -0.25) is 4.99 Å². The molecule has 4 heteroatoms. The predicted molar refractivity (Wildman–Crippen MR) is 96.2 cm³/mol. The molecule has 0 N–H and O–H groups in total. The average molecular weight is 336 g/mol. The second-order valence-electron chi connectivity index (χ2n) is 7.07. The van der Waals surface area contributed by atoms with Gasteiger partial charge in [0.2, 0.25) is 0 Å². The van der Waals surface area contributed by atoms with Gasteiger partial charge in [-0.1, -0.05) is 13.0 Å². The van der Waals surface area contributed by atoms with E-state index in [2.05, 4.69) is 11.9 Å². The first-order valence-electron chi connectivity index (χ1n) is 8.32. The molecule has 4 rings (SSSR count). The molecule has 126 valence electrons. The summed E-state index contributed by atoms with van der Waals surface area (Å²) in [6, 6.07) is 13.1. The summed E-state index contributed by atoms with van der Waals surface area (Å²) in [6.07, 6.45) is 0. The van der Waals surface area contributed by atoms with Crippen molar-refractivity contribution in [2.75, 3.05) is 0 Å². The van der Waals surface area contributed by atoms with E-state index < -0.39 is 0 Å². The van der Waals surface area contributed by atoms with Gasteiger partial charge in [0, 0.05) is 16.9 Å². The van der Waals surface area contributed by atoms with Gasteiger partial charge in [0.15, 0.2) is 0 Å². The number of halogens is 2. The zero-order valence-electron chi connectivity index (χ0n) is 14.3. The smallest absolute Gasteiger partial charge is 0.132 e. The molecule has 2 aromatic carbocycles. The van der Waals surface area contributed by atoms with Gasteiger partial charge in [-0.25, -0.2) is 13.8 Å². The van der Waals surface area contributed by atoms with Gasteiger partial charge in [-0.05, 0) is 61.9 Å². The minimum atomic E-state index is -0.380.